The van der Waals surface area contributed by atoms with Gasteiger partial charge in [-0.25, -0.2) is 0 Å². The molecule has 0 heterocycles. The Morgan fingerprint density at radius 1 is 1.37 bits per heavy atom. The Balaban J connectivity index is 0.00000324. The summed E-state index contributed by atoms with van der Waals surface area (Å²) in [5, 5.41) is 4.02. The number of nitrogens with two attached hydrogens (primary N) is 1. The van der Waals surface area contributed by atoms with E-state index < -0.39 is 6.04 Å². The Morgan fingerprint density at radius 3 is 2.53 bits per heavy atom. The summed E-state index contributed by atoms with van der Waals surface area (Å²) in [6.07, 6.45) is 0.659. The van der Waals surface area contributed by atoms with Crippen LogP contribution in [-0.2, 0) is 11.2 Å². The lowest BCUT2D eigenvalue weighted by molar-refractivity contribution is -0.123. The first-order chi connectivity index (χ1) is 8.41. The Bertz CT molecular complexity index is 424. The second-order valence-corrected chi connectivity index (χ2v) is 5.39. The van der Waals surface area contributed by atoms with Crippen LogP contribution in [0.4, 0.5) is 0 Å². The van der Waals surface area contributed by atoms with Crippen molar-refractivity contribution < 1.29 is 4.79 Å². The molecule has 0 saturated heterocycles. The van der Waals surface area contributed by atoms with Crippen LogP contribution in [-0.4, -0.2) is 18.5 Å². The molecule has 1 aromatic rings. The van der Waals surface area contributed by atoms with Crippen molar-refractivity contribution in [3.05, 3.63) is 33.8 Å². The summed E-state index contributed by atoms with van der Waals surface area (Å²) in [4.78, 5) is 11.6. The van der Waals surface area contributed by atoms with Crippen LogP contribution in [0.15, 0.2) is 18.2 Å². The molecule has 0 radical (unpaired) electrons. The predicted molar refractivity (Wildman–Crippen MR) is 83.2 cm³/mol. The van der Waals surface area contributed by atoms with Crippen molar-refractivity contribution in [2.45, 2.75) is 26.3 Å². The van der Waals surface area contributed by atoms with E-state index in [0.29, 0.717) is 23.0 Å². The SMILES string of the molecule is CC(C)[C@@H](N)C(=O)NCCc1ccc(Cl)cc1Cl.Cl. The zero-order valence-electron chi connectivity index (χ0n) is 11.0. The van der Waals surface area contributed by atoms with E-state index in [-0.39, 0.29) is 24.2 Å². The van der Waals surface area contributed by atoms with E-state index in [9.17, 15) is 4.79 Å². The van der Waals surface area contributed by atoms with Gasteiger partial charge >= 0.3 is 0 Å². The molecule has 3 N–H and O–H groups in total. The lowest BCUT2D eigenvalue weighted by atomic mass is 10.0. The highest BCUT2D eigenvalue weighted by Crippen LogP contribution is 2.21. The quantitative estimate of drug-likeness (QED) is 0.874. The van der Waals surface area contributed by atoms with E-state index in [1.54, 1.807) is 12.1 Å². The lowest BCUT2D eigenvalue weighted by Gasteiger charge is -2.15. The molecule has 1 amide bonds. The topological polar surface area (TPSA) is 55.1 Å². The van der Waals surface area contributed by atoms with Crippen LogP contribution in [0, 0.1) is 5.92 Å². The minimum Gasteiger partial charge on any atom is -0.354 e. The second kappa shape index (κ2) is 8.64. The molecule has 108 valence electrons. The maximum atomic E-state index is 11.6. The number of nitrogens with one attached hydrogen (secondary N) is 1. The van der Waals surface area contributed by atoms with E-state index >= 15 is 0 Å². The first-order valence-corrected chi connectivity index (χ1v) is 6.64. The lowest BCUT2D eigenvalue weighted by Crippen LogP contribution is -2.44. The maximum absolute atomic E-state index is 11.6. The summed E-state index contributed by atoms with van der Waals surface area (Å²) < 4.78 is 0. The number of benzene rings is 1. The van der Waals surface area contributed by atoms with Gasteiger partial charge in [0, 0.05) is 16.6 Å². The van der Waals surface area contributed by atoms with Gasteiger partial charge in [0.15, 0.2) is 0 Å². The zero-order chi connectivity index (χ0) is 13.7. The molecule has 0 aromatic heterocycles. The van der Waals surface area contributed by atoms with Gasteiger partial charge in [-0.1, -0.05) is 43.1 Å². The van der Waals surface area contributed by atoms with Gasteiger partial charge in [-0.3, -0.25) is 4.79 Å². The average molecular weight is 326 g/mol. The van der Waals surface area contributed by atoms with Gasteiger partial charge in [0.2, 0.25) is 5.91 Å². The Hall–Kier alpha value is -0.480. The van der Waals surface area contributed by atoms with Crippen LogP contribution < -0.4 is 11.1 Å². The standard InChI is InChI=1S/C13H18Cl2N2O.ClH/c1-8(2)12(16)13(18)17-6-5-9-3-4-10(14)7-11(9)15;/h3-4,7-8,12H,5-6,16H2,1-2H3,(H,17,18);1H/t12-;/m1./s1. The second-order valence-electron chi connectivity index (χ2n) is 4.55. The van der Waals surface area contributed by atoms with Crippen molar-refractivity contribution >= 4 is 41.5 Å². The van der Waals surface area contributed by atoms with Gasteiger partial charge in [0.25, 0.3) is 0 Å². The Morgan fingerprint density at radius 2 is 2.00 bits per heavy atom. The number of rotatable bonds is 5. The third kappa shape index (κ3) is 6.00. The van der Waals surface area contributed by atoms with Crippen molar-refractivity contribution in [2.75, 3.05) is 6.54 Å². The molecule has 0 unspecified atom stereocenters. The van der Waals surface area contributed by atoms with Gasteiger partial charge in [-0.15, -0.1) is 12.4 Å². The summed E-state index contributed by atoms with van der Waals surface area (Å²) in [5.41, 5.74) is 6.69. The molecule has 19 heavy (non-hydrogen) atoms. The van der Waals surface area contributed by atoms with Crippen molar-refractivity contribution in [1.29, 1.82) is 0 Å². The highest BCUT2D eigenvalue weighted by molar-refractivity contribution is 6.35. The highest BCUT2D eigenvalue weighted by Gasteiger charge is 2.16. The van der Waals surface area contributed by atoms with Crippen molar-refractivity contribution in [3.63, 3.8) is 0 Å². The normalized spacial score (nSPS) is 11.9. The van der Waals surface area contributed by atoms with Crippen LogP contribution in [0.2, 0.25) is 10.0 Å². The molecule has 6 heteroatoms. The molecule has 0 spiro atoms. The largest absolute Gasteiger partial charge is 0.354 e. The van der Waals surface area contributed by atoms with Gasteiger partial charge in [-0.05, 0) is 30.0 Å². The molecule has 0 saturated carbocycles. The third-order valence-corrected chi connectivity index (χ3v) is 3.32. The molecule has 1 rings (SSSR count). The molecule has 3 nitrogen and oxygen atoms in total. The fourth-order valence-electron chi connectivity index (χ4n) is 1.47. The molecule has 0 aliphatic heterocycles. The highest BCUT2D eigenvalue weighted by atomic mass is 35.5. The Kier molecular flexibility index (Phi) is 8.42. The minimum atomic E-state index is -0.467. The van der Waals surface area contributed by atoms with Gasteiger partial charge in [0.05, 0.1) is 6.04 Å². The minimum absolute atomic E-state index is 0. The molecular formula is C13H19Cl3N2O. The number of carbonyl (C=O) groups excluding carboxylic acids is 1. The Labute approximate surface area is 130 Å². The molecule has 0 aliphatic carbocycles. The van der Waals surface area contributed by atoms with Gasteiger partial charge in [-0.2, -0.15) is 0 Å². The van der Waals surface area contributed by atoms with Crippen molar-refractivity contribution in [1.82, 2.24) is 5.32 Å². The summed E-state index contributed by atoms with van der Waals surface area (Å²) >= 11 is 11.8. The van der Waals surface area contributed by atoms with E-state index in [4.69, 9.17) is 28.9 Å². The molecule has 0 aliphatic rings. The molecule has 0 bridgehead atoms. The van der Waals surface area contributed by atoms with Crippen molar-refractivity contribution in [2.24, 2.45) is 11.7 Å². The van der Waals surface area contributed by atoms with E-state index in [1.165, 1.54) is 0 Å². The molecule has 1 atom stereocenters. The molecule has 0 fully saturated rings. The number of hydrogen-bond donors (Lipinski definition) is 2. The van der Waals surface area contributed by atoms with Gasteiger partial charge in [0.1, 0.15) is 0 Å². The van der Waals surface area contributed by atoms with Crippen molar-refractivity contribution in [3.8, 4) is 0 Å². The van der Waals surface area contributed by atoms with E-state index in [1.807, 2.05) is 19.9 Å². The van der Waals surface area contributed by atoms with Crippen LogP contribution in [0.5, 0.6) is 0 Å². The number of halogens is 3. The fraction of sp³-hybridized carbons (Fsp3) is 0.462. The summed E-state index contributed by atoms with van der Waals surface area (Å²) in [6, 6.07) is 4.87. The average Bonchev–Trinajstić information content (AvgIpc) is 2.30. The number of hydrogen-bond acceptors (Lipinski definition) is 2. The molecule has 1 aromatic carbocycles. The van der Waals surface area contributed by atoms with E-state index in [0.717, 1.165) is 5.56 Å². The van der Waals surface area contributed by atoms with Crippen LogP contribution in [0.1, 0.15) is 19.4 Å². The zero-order valence-corrected chi connectivity index (χ0v) is 13.3. The van der Waals surface area contributed by atoms with Crippen LogP contribution in [0.25, 0.3) is 0 Å². The predicted octanol–water partition coefficient (Wildman–Crippen LogP) is 3.06. The summed E-state index contributed by atoms with van der Waals surface area (Å²) in [5.74, 6) is -0.000735. The number of carbonyl (C=O) groups is 1. The monoisotopic (exact) mass is 324 g/mol. The summed E-state index contributed by atoms with van der Waals surface area (Å²) in [6.45, 7) is 4.35. The maximum Gasteiger partial charge on any atom is 0.237 e. The third-order valence-electron chi connectivity index (χ3n) is 2.73. The first-order valence-electron chi connectivity index (χ1n) is 5.89. The van der Waals surface area contributed by atoms with Crippen LogP contribution in [0.3, 0.4) is 0 Å². The van der Waals surface area contributed by atoms with E-state index in [2.05, 4.69) is 5.32 Å². The van der Waals surface area contributed by atoms with Crippen LogP contribution >= 0.6 is 35.6 Å². The van der Waals surface area contributed by atoms with Gasteiger partial charge < -0.3 is 11.1 Å². The number of amides is 1. The first kappa shape index (κ1) is 18.5. The summed E-state index contributed by atoms with van der Waals surface area (Å²) in [7, 11) is 0. The molecular weight excluding hydrogens is 307 g/mol. The smallest absolute Gasteiger partial charge is 0.237 e. The fourth-order valence-corrected chi connectivity index (χ4v) is 1.97.